The Morgan fingerprint density at radius 3 is 2.80 bits per heavy atom. The zero-order valence-corrected chi connectivity index (χ0v) is 12.7. The maximum absolute atomic E-state index is 12.6. The van der Waals surface area contributed by atoms with E-state index in [-0.39, 0.29) is 12.5 Å². The van der Waals surface area contributed by atoms with Gasteiger partial charge in [-0.1, -0.05) is 18.2 Å². The Kier molecular flexibility index (Phi) is 5.15. The van der Waals surface area contributed by atoms with Crippen LogP contribution in [0.5, 0.6) is 0 Å². The third-order valence-corrected chi connectivity index (χ3v) is 5.42. The summed E-state index contributed by atoms with van der Waals surface area (Å²) in [5.41, 5.74) is 0.685. The average molecular weight is 299 g/mol. The fraction of sp³-hybridized carbons (Fsp3) is 0.571. The van der Waals surface area contributed by atoms with E-state index in [1.807, 2.05) is 6.07 Å². The highest BCUT2D eigenvalue weighted by Gasteiger charge is 2.27. The molecule has 0 spiro atoms. The zero-order chi connectivity index (χ0) is 14.6. The van der Waals surface area contributed by atoms with Crippen LogP contribution in [-0.4, -0.2) is 46.6 Å². The van der Waals surface area contributed by atoms with Gasteiger partial charge in [-0.2, -0.15) is 0 Å². The molecule has 1 aromatic rings. The molecule has 6 heteroatoms. The Labute approximate surface area is 120 Å². The normalized spacial score (nSPS) is 19.6. The van der Waals surface area contributed by atoms with Crippen LogP contribution >= 0.6 is 0 Å². The maximum Gasteiger partial charge on any atom is 0.243 e. The minimum Gasteiger partial charge on any atom is -0.381 e. The molecule has 0 unspecified atom stereocenters. The molecule has 1 fully saturated rings. The Hall–Kier alpha value is -0.950. The Balaban J connectivity index is 2.20. The first-order valence-corrected chi connectivity index (χ1v) is 8.10. The van der Waals surface area contributed by atoms with Gasteiger partial charge in [0.1, 0.15) is 0 Å². The Morgan fingerprint density at radius 1 is 1.40 bits per heavy atom. The first kappa shape index (κ1) is 15.4. The zero-order valence-electron chi connectivity index (χ0n) is 11.9. The lowest BCUT2D eigenvalue weighted by molar-refractivity contribution is 0.181. The van der Waals surface area contributed by atoms with Crippen molar-refractivity contribution in [3.63, 3.8) is 0 Å². The molecule has 1 heterocycles. The van der Waals surface area contributed by atoms with E-state index < -0.39 is 10.0 Å². The predicted molar refractivity (Wildman–Crippen MR) is 75.9 cm³/mol. The highest BCUT2D eigenvalue weighted by molar-refractivity contribution is 7.89. The molecular weight excluding hydrogens is 278 g/mol. The number of nitrogens with zero attached hydrogens (tertiary/aromatic N) is 1. The van der Waals surface area contributed by atoms with Crippen LogP contribution in [0.3, 0.4) is 0 Å². The standard InChI is InChI=1S/C14H21NO4S/c1-15(9-12-7-8-19-10-12)20(16,17)14-6-4-3-5-13(14)11-18-2/h3-6,12H,7-11H2,1-2H3/t12-/m0/s1. The van der Waals surface area contributed by atoms with Crippen LogP contribution in [-0.2, 0) is 26.1 Å². The van der Waals surface area contributed by atoms with Crippen molar-refractivity contribution in [1.29, 1.82) is 0 Å². The summed E-state index contributed by atoms with van der Waals surface area (Å²) in [7, 11) is -0.301. The van der Waals surface area contributed by atoms with Gasteiger partial charge in [0.15, 0.2) is 0 Å². The van der Waals surface area contributed by atoms with Crippen LogP contribution in [0.25, 0.3) is 0 Å². The van der Waals surface area contributed by atoms with Gasteiger partial charge >= 0.3 is 0 Å². The lowest BCUT2D eigenvalue weighted by atomic mass is 10.1. The monoisotopic (exact) mass is 299 g/mol. The minimum atomic E-state index is -3.48. The summed E-state index contributed by atoms with van der Waals surface area (Å²) in [6.07, 6.45) is 0.916. The Bertz CT molecular complexity index is 538. The minimum absolute atomic E-state index is 0.282. The highest BCUT2D eigenvalue weighted by Crippen LogP contribution is 2.22. The quantitative estimate of drug-likeness (QED) is 0.798. The topological polar surface area (TPSA) is 55.8 Å². The number of benzene rings is 1. The molecule has 0 N–H and O–H groups in total. The second-order valence-electron chi connectivity index (χ2n) is 5.06. The summed E-state index contributed by atoms with van der Waals surface area (Å²) >= 11 is 0. The molecule has 1 aliphatic heterocycles. The van der Waals surface area contributed by atoms with Crippen molar-refractivity contribution < 1.29 is 17.9 Å². The van der Waals surface area contributed by atoms with Gasteiger partial charge in [0, 0.05) is 27.3 Å². The van der Waals surface area contributed by atoms with Crippen molar-refractivity contribution in [2.75, 3.05) is 33.9 Å². The molecule has 0 aliphatic carbocycles. The maximum atomic E-state index is 12.6. The average Bonchev–Trinajstić information content (AvgIpc) is 2.92. The summed E-state index contributed by atoms with van der Waals surface area (Å²) in [5, 5.41) is 0. The molecule has 1 saturated heterocycles. The van der Waals surface area contributed by atoms with Gasteiger partial charge in [-0.15, -0.1) is 0 Å². The molecule has 0 bridgehead atoms. The van der Waals surface area contributed by atoms with Crippen molar-refractivity contribution in [1.82, 2.24) is 4.31 Å². The molecule has 0 aromatic heterocycles. The van der Waals surface area contributed by atoms with E-state index in [1.54, 1.807) is 32.4 Å². The lowest BCUT2D eigenvalue weighted by Crippen LogP contribution is -2.32. The third kappa shape index (κ3) is 3.38. The number of sulfonamides is 1. The fourth-order valence-corrected chi connectivity index (χ4v) is 3.84. The van der Waals surface area contributed by atoms with E-state index in [2.05, 4.69) is 0 Å². The Morgan fingerprint density at radius 2 is 2.15 bits per heavy atom. The van der Waals surface area contributed by atoms with Crippen LogP contribution in [0, 0.1) is 5.92 Å². The van der Waals surface area contributed by atoms with Crippen LogP contribution in [0.2, 0.25) is 0 Å². The predicted octanol–water partition coefficient (Wildman–Crippen LogP) is 1.49. The number of rotatable bonds is 6. The van der Waals surface area contributed by atoms with Crippen molar-refractivity contribution in [3.05, 3.63) is 29.8 Å². The van der Waals surface area contributed by atoms with E-state index in [0.29, 0.717) is 23.6 Å². The van der Waals surface area contributed by atoms with Crippen molar-refractivity contribution >= 4 is 10.0 Å². The van der Waals surface area contributed by atoms with E-state index in [0.717, 1.165) is 13.0 Å². The van der Waals surface area contributed by atoms with Gasteiger partial charge in [0.2, 0.25) is 10.0 Å². The van der Waals surface area contributed by atoms with Gasteiger partial charge in [-0.25, -0.2) is 12.7 Å². The molecule has 20 heavy (non-hydrogen) atoms. The number of hydrogen-bond donors (Lipinski definition) is 0. The largest absolute Gasteiger partial charge is 0.381 e. The van der Waals surface area contributed by atoms with E-state index in [1.165, 1.54) is 4.31 Å². The van der Waals surface area contributed by atoms with Crippen LogP contribution in [0.1, 0.15) is 12.0 Å². The van der Waals surface area contributed by atoms with Gasteiger partial charge in [0.05, 0.1) is 18.1 Å². The second kappa shape index (κ2) is 6.67. The molecule has 5 nitrogen and oxygen atoms in total. The molecule has 112 valence electrons. The van der Waals surface area contributed by atoms with Crippen LogP contribution in [0.15, 0.2) is 29.2 Å². The van der Waals surface area contributed by atoms with Crippen molar-refractivity contribution in [3.8, 4) is 0 Å². The molecular formula is C14H21NO4S. The van der Waals surface area contributed by atoms with Crippen LogP contribution < -0.4 is 0 Å². The summed E-state index contributed by atoms with van der Waals surface area (Å²) < 4.78 is 37.1. The first-order chi connectivity index (χ1) is 9.55. The van der Waals surface area contributed by atoms with E-state index >= 15 is 0 Å². The summed E-state index contributed by atoms with van der Waals surface area (Å²) in [6.45, 7) is 2.14. The molecule has 0 saturated carbocycles. The lowest BCUT2D eigenvalue weighted by Gasteiger charge is -2.21. The summed E-state index contributed by atoms with van der Waals surface area (Å²) in [4.78, 5) is 0.322. The smallest absolute Gasteiger partial charge is 0.243 e. The summed E-state index contributed by atoms with van der Waals surface area (Å²) in [6, 6.07) is 6.96. The van der Waals surface area contributed by atoms with Crippen molar-refractivity contribution in [2.45, 2.75) is 17.9 Å². The van der Waals surface area contributed by atoms with Crippen LogP contribution in [0.4, 0.5) is 0 Å². The van der Waals surface area contributed by atoms with Crippen molar-refractivity contribution in [2.24, 2.45) is 5.92 Å². The van der Waals surface area contributed by atoms with E-state index in [4.69, 9.17) is 9.47 Å². The second-order valence-corrected chi connectivity index (χ2v) is 7.07. The van der Waals surface area contributed by atoms with Gasteiger partial charge in [-0.3, -0.25) is 0 Å². The SMILES string of the molecule is COCc1ccccc1S(=O)(=O)N(C)C[C@@H]1CCOC1. The highest BCUT2D eigenvalue weighted by atomic mass is 32.2. The number of hydrogen-bond acceptors (Lipinski definition) is 4. The number of methoxy groups -OCH3 is 1. The third-order valence-electron chi connectivity index (χ3n) is 3.50. The first-order valence-electron chi connectivity index (χ1n) is 6.66. The molecule has 0 radical (unpaired) electrons. The molecule has 1 atom stereocenters. The van der Waals surface area contributed by atoms with Gasteiger partial charge in [-0.05, 0) is 24.0 Å². The number of ether oxygens (including phenoxy) is 2. The molecule has 1 aromatic carbocycles. The molecule has 1 aliphatic rings. The summed E-state index contributed by atoms with van der Waals surface area (Å²) in [5.74, 6) is 0.282. The van der Waals surface area contributed by atoms with Gasteiger partial charge < -0.3 is 9.47 Å². The van der Waals surface area contributed by atoms with Gasteiger partial charge in [0.25, 0.3) is 0 Å². The van der Waals surface area contributed by atoms with E-state index in [9.17, 15) is 8.42 Å². The fourth-order valence-electron chi connectivity index (χ4n) is 2.39. The molecule has 0 amide bonds. The molecule has 2 rings (SSSR count).